The molecular formula is C16H22. The lowest BCUT2D eigenvalue weighted by molar-refractivity contribution is -0.236. The molecule has 7 saturated carbocycles. The van der Waals surface area contributed by atoms with E-state index in [2.05, 4.69) is 12.7 Å². The minimum atomic E-state index is 0.629. The van der Waals surface area contributed by atoms with Crippen LogP contribution in [0.15, 0.2) is 12.7 Å². The highest BCUT2D eigenvalue weighted by atomic mass is 14.7. The molecular weight excluding hydrogens is 192 g/mol. The maximum atomic E-state index is 4.27. The largest absolute Gasteiger partial charge is 0.103 e. The quantitative estimate of drug-likeness (QED) is 0.581. The molecule has 16 heavy (non-hydrogen) atoms. The van der Waals surface area contributed by atoms with E-state index in [9.17, 15) is 0 Å². The van der Waals surface area contributed by atoms with Gasteiger partial charge in [0.15, 0.2) is 0 Å². The van der Waals surface area contributed by atoms with Crippen LogP contribution in [0.3, 0.4) is 0 Å². The van der Waals surface area contributed by atoms with E-state index in [4.69, 9.17) is 0 Å². The van der Waals surface area contributed by atoms with Gasteiger partial charge in [-0.05, 0) is 85.4 Å². The Morgan fingerprint density at radius 1 is 0.812 bits per heavy atom. The Kier molecular flexibility index (Phi) is 1.34. The van der Waals surface area contributed by atoms with Crippen LogP contribution in [0.1, 0.15) is 38.5 Å². The lowest BCUT2D eigenvalue weighted by Crippen LogP contribution is -2.67. The monoisotopic (exact) mass is 214 g/mol. The summed E-state index contributed by atoms with van der Waals surface area (Å²) in [6.45, 7) is 4.27. The first kappa shape index (κ1) is 8.78. The van der Waals surface area contributed by atoms with Crippen molar-refractivity contribution in [1.29, 1.82) is 0 Å². The Morgan fingerprint density at radius 3 is 2.06 bits per heavy atom. The third kappa shape index (κ3) is 0.718. The summed E-state index contributed by atoms with van der Waals surface area (Å²) in [6, 6.07) is 0. The van der Waals surface area contributed by atoms with Gasteiger partial charge in [0.05, 0.1) is 0 Å². The molecule has 7 aliphatic rings. The van der Waals surface area contributed by atoms with Crippen LogP contribution in [-0.2, 0) is 0 Å². The molecule has 0 aromatic rings. The van der Waals surface area contributed by atoms with Gasteiger partial charge < -0.3 is 0 Å². The highest BCUT2D eigenvalue weighted by molar-refractivity contribution is 5.22. The van der Waals surface area contributed by atoms with Gasteiger partial charge in [0.2, 0.25) is 0 Å². The molecule has 0 N–H and O–H groups in total. The van der Waals surface area contributed by atoms with E-state index in [0.717, 1.165) is 41.4 Å². The third-order valence-corrected chi connectivity index (χ3v) is 7.53. The predicted molar refractivity (Wildman–Crippen MR) is 64.8 cm³/mol. The van der Waals surface area contributed by atoms with Gasteiger partial charge in [-0.15, -0.1) is 6.58 Å². The second-order valence-electron chi connectivity index (χ2n) is 7.64. The number of hydrogen-bond donors (Lipinski definition) is 0. The topological polar surface area (TPSA) is 0 Å². The first-order valence-corrected chi connectivity index (χ1v) is 7.45. The van der Waals surface area contributed by atoms with Gasteiger partial charge in [0, 0.05) is 0 Å². The molecule has 7 rings (SSSR count). The smallest absolute Gasteiger partial charge is 0.00561 e. The molecule has 0 spiro atoms. The summed E-state index contributed by atoms with van der Waals surface area (Å²) in [5, 5.41) is 0. The molecule has 0 aliphatic heterocycles. The normalized spacial score (nSPS) is 68.9. The first-order valence-electron chi connectivity index (χ1n) is 7.45. The summed E-state index contributed by atoms with van der Waals surface area (Å²) in [7, 11) is 0. The molecule has 0 saturated heterocycles. The standard InChI is InChI=1S/C16H22/c1-2-16-8-10-4-12-11-3-9(6-14(12)16)7-15(16)13(11)5-10/h2,9-15H,1,3-8H2/t9?,10?,11?,12-,13+,14-,15+,16?. The van der Waals surface area contributed by atoms with Crippen LogP contribution in [0.25, 0.3) is 0 Å². The maximum absolute atomic E-state index is 4.27. The zero-order chi connectivity index (χ0) is 10.5. The first-order chi connectivity index (χ1) is 7.82. The Labute approximate surface area is 98.5 Å². The lowest BCUT2D eigenvalue weighted by atomic mass is 9.31. The fourth-order valence-electron chi connectivity index (χ4n) is 7.42. The van der Waals surface area contributed by atoms with Gasteiger partial charge in [-0.3, -0.25) is 0 Å². The van der Waals surface area contributed by atoms with Crippen molar-refractivity contribution in [3.63, 3.8) is 0 Å². The lowest BCUT2D eigenvalue weighted by Gasteiger charge is -2.74. The molecule has 0 radical (unpaired) electrons. The molecule has 0 nitrogen and oxygen atoms in total. The van der Waals surface area contributed by atoms with E-state index in [1.165, 1.54) is 6.42 Å². The highest BCUT2D eigenvalue weighted by Gasteiger charge is 2.68. The van der Waals surface area contributed by atoms with E-state index < -0.39 is 0 Å². The van der Waals surface area contributed by atoms with Crippen molar-refractivity contribution in [2.75, 3.05) is 0 Å². The Bertz CT molecular complexity index is 344. The third-order valence-electron chi connectivity index (χ3n) is 7.53. The fraction of sp³-hybridized carbons (Fsp3) is 0.875. The molecule has 8 atom stereocenters. The Morgan fingerprint density at radius 2 is 1.44 bits per heavy atom. The number of rotatable bonds is 1. The van der Waals surface area contributed by atoms with Crippen LogP contribution in [0.5, 0.6) is 0 Å². The Hall–Kier alpha value is -0.260. The number of allylic oxidation sites excluding steroid dienone is 1. The summed E-state index contributed by atoms with van der Waals surface area (Å²) in [5.74, 6) is 7.76. The van der Waals surface area contributed by atoms with E-state index >= 15 is 0 Å². The maximum Gasteiger partial charge on any atom is -0.00561 e. The molecule has 7 aliphatic carbocycles. The molecule has 86 valence electrons. The summed E-state index contributed by atoms with van der Waals surface area (Å²) < 4.78 is 0. The zero-order valence-electron chi connectivity index (χ0n) is 10.1. The Balaban J connectivity index is 1.74. The molecule has 0 aromatic carbocycles. The van der Waals surface area contributed by atoms with Gasteiger partial charge in [-0.25, -0.2) is 0 Å². The van der Waals surface area contributed by atoms with E-state index in [1.54, 1.807) is 32.1 Å². The molecule has 7 fully saturated rings. The SMILES string of the molecule is C=CC12CC3C[C@@H]4C5CC(C[C@H]41)C[C@H]2[C@H]5C3. The summed E-state index contributed by atoms with van der Waals surface area (Å²) in [6.07, 6.45) is 11.9. The van der Waals surface area contributed by atoms with E-state index in [0.29, 0.717) is 5.41 Å². The van der Waals surface area contributed by atoms with Gasteiger partial charge >= 0.3 is 0 Å². The average Bonchev–Trinajstić information content (AvgIpc) is 2.34. The second-order valence-corrected chi connectivity index (χ2v) is 7.64. The zero-order valence-corrected chi connectivity index (χ0v) is 10.1. The number of hydrogen-bond acceptors (Lipinski definition) is 0. The summed E-state index contributed by atoms with van der Waals surface area (Å²) in [4.78, 5) is 0. The molecule has 0 heteroatoms. The van der Waals surface area contributed by atoms with Crippen LogP contribution < -0.4 is 0 Å². The van der Waals surface area contributed by atoms with E-state index in [1.807, 2.05) is 0 Å². The molecule has 0 heterocycles. The fourth-order valence-corrected chi connectivity index (χ4v) is 7.42. The summed E-state index contributed by atoms with van der Waals surface area (Å²) in [5.41, 5.74) is 0.629. The molecule has 4 unspecified atom stereocenters. The molecule has 0 amide bonds. The van der Waals surface area contributed by atoms with Crippen LogP contribution in [0.2, 0.25) is 0 Å². The van der Waals surface area contributed by atoms with Crippen LogP contribution in [-0.4, -0.2) is 0 Å². The van der Waals surface area contributed by atoms with Gasteiger partial charge in [-0.1, -0.05) is 6.08 Å². The van der Waals surface area contributed by atoms with Crippen molar-refractivity contribution in [1.82, 2.24) is 0 Å². The molecule has 0 aromatic heterocycles. The van der Waals surface area contributed by atoms with Crippen molar-refractivity contribution in [3.8, 4) is 0 Å². The van der Waals surface area contributed by atoms with Crippen molar-refractivity contribution >= 4 is 0 Å². The van der Waals surface area contributed by atoms with Gasteiger partial charge in [0.25, 0.3) is 0 Å². The van der Waals surface area contributed by atoms with Crippen molar-refractivity contribution < 1.29 is 0 Å². The van der Waals surface area contributed by atoms with Crippen molar-refractivity contribution in [3.05, 3.63) is 12.7 Å². The van der Waals surface area contributed by atoms with Crippen LogP contribution in [0, 0.1) is 46.8 Å². The second kappa shape index (κ2) is 2.44. The van der Waals surface area contributed by atoms with Crippen LogP contribution in [0.4, 0.5) is 0 Å². The van der Waals surface area contributed by atoms with Crippen molar-refractivity contribution in [2.45, 2.75) is 38.5 Å². The minimum Gasteiger partial charge on any atom is -0.103 e. The highest BCUT2D eigenvalue weighted by Crippen LogP contribution is 2.76. The van der Waals surface area contributed by atoms with Crippen LogP contribution >= 0.6 is 0 Å². The predicted octanol–water partition coefficient (Wildman–Crippen LogP) is 3.88. The molecule has 8 bridgehead atoms. The van der Waals surface area contributed by atoms with Gasteiger partial charge in [-0.2, -0.15) is 0 Å². The minimum absolute atomic E-state index is 0.629. The van der Waals surface area contributed by atoms with Gasteiger partial charge in [0.1, 0.15) is 0 Å². The van der Waals surface area contributed by atoms with E-state index in [-0.39, 0.29) is 0 Å². The average molecular weight is 214 g/mol. The van der Waals surface area contributed by atoms with Crippen molar-refractivity contribution in [2.24, 2.45) is 46.8 Å². The summed E-state index contributed by atoms with van der Waals surface area (Å²) >= 11 is 0.